The van der Waals surface area contributed by atoms with E-state index in [4.69, 9.17) is 22.9 Å². The van der Waals surface area contributed by atoms with E-state index in [-0.39, 0.29) is 79.8 Å². The fourth-order valence-electron chi connectivity index (χ4n) is 6.32. The number of amides is 7. The van der Waals surface area contributed by atoms with Crippen molar-refractivity contribution in [3.05, 3.63) is 56.8 Å². The van der Waals surface area contributed by atoms with E-state index in [0.717, 1.165) is 12.2 Å². The van der Waals surface area contributed by atoms with Gasteiger partial charge in [-0.15, -0.1) is 22.7 Å². The van der Waals surface area contributed by atoms with Gasteiger partial charge in [-0.1, -0.05) is 0 Å². The van der Waals surface area contributed by atoms with Crippen molar-refractivity contribution in [3.8, 4) is 10.7 Å². The lowest BCUT2D eigenvalue weighted by molar-refractivity contribution is -0.131. The maximum Gasteiger partial charge on any atom is 0.271 e. The smallest absolute Gasteiger partial charge is 0.271 e. The number of H-pyrrole nitrogens is 1. The van der Waals surface area contributed by atoms with Gasteiger partial charge in [0.15, 0.2) is 0 Å². The molecule has 4 aromatic rings. The van der Waals surface area contributed by atoms with E-state index in [0.29, 0.717) is 45.3 Å². The number of hydrogen-bond acceptors (Lipinski definition) is 19. The molecule has 7 amide bonds. The van der Waals surface area contributed by atoms with Gasteiger partial charge in [0, 0.05) is 68.2 Å². The number of anilines is 1. The van der Waals surface area contributed by atoms with Crippen LogP contribution in [0.1, 0.15) is 94.2 Å². The minimum atomic E-state index is -1.63. The third-order valence-electron chi connectivity index (χ3n) is 10.2. The molecule has 376 valence electrons. The van der Waals surface area contributed by atoms with E-state index < -0.39 is 71.8 Å². The van der Waals surface area contributed by atoms with Crippen LogP contribution in [0.15, 0.2) is 23.3 Å². The first-order valence-corrected chi connectivity index (χ1v) is 25.7. The molecule has 25 nitrogen and oxygen atoms in total. The number of hydrogen-bond donors (Lipinski definition) is 13. The Bertz CT molecular complexity index is 2380. The molecule has 0 fully saturated rings. The predicted molar refractivity (Wildman–Crippen MR) is 259 cm³/mol. The third kappa shape index (κ3) is 17.4. The lowest BCUT2D eigenvalue weighted by atomic mass is 10.1. The lowest BCUT2D eigenvalue weighted by Crippen LogP contribution is -2.52. The number of nitrogens with one attached hydrogen (secondary N) is 7. The van der Waals surface area contributed by atoms with Crippen LogP contribution < -0.4 is 54.8 Å². The van der Waals surface area contributed by atoms with Crippen molar-refractivity contribution in [1.82, 2.24) is 61.8 Å². The van der Waals surface area contributed by atoms with E-state index >= 15 is 0 Å². The maximum atomic E-state index is 13.8. The zero-order valence-corrected chi connectivity index (χ0v) is 41.0. The Kier molecular flexibility index (Phi) is 21.8. The number of rotatable bonds is 29. The topological polar surface area (TPSA) is 416 Å². The van der Waals surface area contributed by atoms with Gasteiger partial charge in [-0.05, 0) is 37.6 Å². The van der Waals surface area contributed by atoms with Crippen LogP contribution in [0.2, 0.25) is 0 Å². The molecule has 0 unspecified atom stereocenters. The summed E-state index contributed by atoms with van der Waals surface area (Å²) in [5.74, 6) is -3.99. The molecule has 0 aliphatic heterocycles. The van der Waals surface area contributed by atoms with Crippen molar-refractivity contribution in [3.63, 3.8) is 0 Å². The van der Waals surface area contributed by atoms with Crippen molar-refractivity contribution in [1.29, 1.82) is 0 Å². The Morgan fingerprint density at radius 2 is 1.57 bits per heavy atom. The standard InChI is InChI=1S/C41H60N16O9S3/c1-20-30(55-36(57-34(20)44)23(14-27(43)59)50-15-22(42)35(45)62)40(66)56-32(33(61)24-16-46-19-51-24)39(65)48-10-6-5-8-28(60)54-31(21(2)58)38(64)49-12-9-29-52-26(18-67-29)41-53-25(17-68-41)37(63)47-11-7-13-69(3)4/h16-19,21-23,31-33,50,58,61H,5-15,42H2,1-4H3,(H11-,43,44,45,46,47,48,49,51,54,55,56,57,59,60,62,63,64,65,66)/p+1/t21-,22+,23+,31+,32+,33+/m1/s1. The summed E-state index contributed by atoms with van der Waals surface area (Å²) in [6, 6.07) is -5.07. The van der Waals surface area contributed by atoms with Gasteiger partial charge >= 0.3 is 0 Å². The lowest BCUT2D eigenvalue weighted by Gasteiger charge is -2.24. The highest BCUT2D eigenvalue weighted by atomic mass is 32.2. The SMILES string of the molecule is Cc1c(N)nc([C@H](CC(N)=O)NC[C@H](N)C(N)=O)nc1C(=O)N[C@H](C(=O)NCCCCC(=O)N[C@H](C(=O)NCCc1nc(-c2nc(C(=O)NCCC[S+](C)C)cs2)cs1)[C@@H](C)O)[C@@H](O)c1cnc[nH]1. The number of imidazole rings is 1. The molecule has 0 aliphatic carbocycles. The number of primary amides is 2. The molecule has 4 heterocycles. The first-order chi connectivity index (χ1) is 32.7. The van der Waals surface area contributed by atoms with Crippen molar-refractivity contribution >= 4 is 80.7 Å². The summed E-state index contributed by atoms with van der Waals surface area (Å²) in [6.07, 6.45) is 5.29. The molecule has 69 heavy (non-hydrogen) atoms. The van der Waals surface area contributed by atoms with E-state index in [1.54, 1.807) is 5.38 Å². The van der Waals surface area contributed by atoms with Crippen LogP contribution in [0.25, 0.3) is 10.7 Å². The van der Waals surface area contributed by atoms with E-state index in [1.807, 2.05) is 5.38 Å². The first kappa shape index (κ1) is 55.4. The van der Waals surface area contributed by atoms with Gasteiger partial charge in [-0.25, -0.2) is 24.9 Å². The largest absolute Gasteiger partial charge is 0.391 e. The molecular formula is C41H61N16O9S3+. The molecule has 0 saturated carbocycles. The predicted octanol–water partition coefficient (Wildman–Crippen LogP) is -2.67. The number of aliphatic hydroxyl groups is 2. The molecule has 0 aromatic carbocycles. The van der Waals surface area contributed by atoms with Crippen LogP contribution in [0, 0.1) is 6.92 Å². The van der Waals surface area contributed by atoms with Crippen LogP contribution in [0.5, 0.6) is 0 Å². The molecule has 28 heteroatoms. The van der Waals surface area contributed by atoms with Gasteiger partial charge in [0.05, 0.1) is 53.9 Å². The Labute approximate surface area is 408 Å². The summed E-state index contributed by atoms with van der Waals surface area (Å²) >= 11 is 2.68. The van der Waals surface area contributed by atoms with Crippen LogP contribution >= 0.6 is 22.7 Å². The average Bonchev–Trinajstić information content (AvgIpc) is 4.11. The summed E-state index contributed by atoms with van der Waals surface area (Å²) in [6.45, 7) is 3.37. The number of aromatic nitrogens is 6. The van der Waals surface area contributed by atoms with Gasteiger partial charge in [0.1, 0.15) is 57.7 Å². The molecule has 0 radical (unpaired) electrons. The number of nitrogen functional groups attached to an aromatic ring is 1. The summed E-state index contributed by atoms with van der Waals surface area (Å²) in [7, 11) is 0.311. The highest BCUT2D eigenvalue weighted by molar-refractivity contribution is 7.95. The Balaban J connectivity index is 1.27. The number of carbonyl (C=O) groups excluding carboxylic acids is 7. The number of thiazole rings is 2. The van der Waals surface area contributed by atoms with Gasteiger partial charge in [-0.2, -0.15) is 0 Å². The minimum Gasteiger partial charge on any atom is -0.391 e. The second-order valence-corrected chi connectivity index (χ2v) is 20.2. The number of aromatic amines is 1. The van der Waals surface area contributed by atoms with Gasteiger partial charge < -0.3 is 70.0 Å². The summed E-state index contributed by atoms with van der Waals surface area (Å²) in [5, 5.41) is 42.5. The zero-order chi connectivity index (χ0) is 50.8. The van der Waals surface area contributed by atoms with Gasteiger partial charge in [0.25, 0.3) is 11.8 Å². The number of aliphatic hydroxyl groups excluding tert-OH is 2. The fourth-order valence-corrected chi connectivity index (χ4v) is 8.66. The molecule has 4 rings (SSSR count). The molecule has 0 aliphatic rings. The van der Waals surface area contributed by atoms with Crippen molar-refractivity contribution in [2.24, 2.45) is 17.2 Å². The Hall–Kier alpha value is -6.17. The van der Waals surface area contributed by atoms with Crippen LogP contribution in [-0.4, -0.2) is 150 Å². The quantitative estimate of drug-likeness (QED) is 0.0195. The highest BCUT2D eigenvalue weighted by Gasteiger charge is 2.33. The summed E-state index contributed by atoms with van der Waals surface area (Å²) in [5.41, 5.74) is 23.3. The van der Waals surface area contributed by atoms with E-state index in [2.05, 4.69) is 74.3 Å². The Morgan fingerprint density at radius 3 is 2.23 bits per heavy atom. The van der Waals surface area contributed by atoms with Crippen molar-refractivity contribution in [2.45, 2.75) is 88.7 Å². The maximum absolute atomic E-state index is 13.8. The number of carbonyl (C=O) groups is 7. The molecule has 0 spiro atoms. The monoisotopic (exact) mass is 1020 g/mol. The van der Waals surface area contributed by atoms with E-state index in [1.165, 1.54) is 49.0 Å². The fraction of sp³-hybridized carbons (Fsp3) is 0.512. The number of nitrogens with zero attached hydrogens (tertiary/aromatic N) is 5. The zero-order valence-electron chi connectivity index (χ0n) is 38.6. The molecular weight excluding hydrogens is 957 g/mol. The van der Waals surface area contributed by atoms with Crippen LogP contribution in [-0.2, 0) is 41.3 Å². The first-order valence-electron chi connectivity index (χ1n) is 21.7. The van der Waals surface area contributed by atoms with Crippen LogP contribution in [0.4, 0.5) is 5.82 Å². The minimum absolute atomic E-state index is 0.00231. The molecule has 17 N–H and O–H groups in total. The van der Waals surface area contributed by atoms with Crippen LogP contribution in [0.3, 0.4) is 0 Å². The third-order valence-corrected chi connectivity index (χ3v) is 13.1. The molecule has 0 bridgehead atoms. The Morgan fingerprint density at radius 1 is 0.855 bits per heavy atom. The van der Waals surface area contributed by atoms with E-state index in [9.17, 15) is 43.8 Å². The molecule has 6 atom stereocenters. The summed E-state index contributed by atoms with van der Waals surface area (Å²) in [4.78, 5) is 113. The molecule has 0 saturated heterocycles. The highest BCUT2D eigenvalue weighted by Crippen LogP contribution is 2.26. The van der Waals surface area contributed by atoms with Crippen molar-refractivity contribution in [2.75, 3.05) is 50.2 Å². The second-order valence-electron chi connectivity index (χ2n) is 16.0. The molecule has 4 aromatic heterocycles. The second kappa shape index (κ2) is 27.1. The van der Waals surface area contributed by atoms with Gasteiger partial charge in [0.2, 0.25) is 29.5 Å². The average molecular weight is 1020 g/mol. The number of nitrogens with two attached hydrogens (primary N) is 4. The number of unbranched alkanes of at least 4 members (excludes halogenated alkanes) is 1. The summed E-state index contributed by atoms with van der Waals surface area (Å²) < 4.78 is 0. The normalized spacial score (nSPS) is 13.9. The van der Waals surface area contributed by atoms with Gasteiger partial charge in [-0.3, -0.25) is 33.6 Å². The van der Waals surface area contributed by atoms with Crippen molar-refractivity contribution < 1.29 is 43.8 Å².